The van der Waals surface area contributed by atoms with E-state index in [2.05, 4.69) is 10.3 Å². The van der Waals surface area contributed by atoms with Crippen LogP contribution in [0.5, 0.6) is 11.8 Å². The zero-order chi connectivity index (χ0) is 27.9. The summed E-state index contributed by atoms with van der Waals surface area (Å²) in [6, 6.07) is 9.34. The molecule has 1 aromatic heterocycles. The molecule has 2 amide bonds. The smallest absolute Gasteiger partial charge is 0.415 e. The Morgan fingerprint density at radius 2 is 2.15 bits per heavy atom. The van der Waals surface area contributed by atoms with Crippen LogP contribution in [0.25, 0.3) is 11.1 Å². The standard InChI is InChI=1S/C25H23ClFN5O7/c1-14(33)28-9-17-10-31(24(34)38-17)16-4-5-18(20(27)8-16)15-3-6-21(19(26)7-15)37-13-25(2)12-30-11-22(32(35)36)29-23(30)39-25/h3-8,11,17H,9-10,12-13H2,1-2H3,(H,28,33). The first-order chi connectivity index (χ1) is 18.5. The fourth-order valence-corrected chi connectivity index (χ4v) is 4.61. The van der Waals surface area contributed by atoms with Crippen LogP contribution in [0.2, 0.25) is 5.02 Å². The van der Waals surface area contributed by atoms with Crippen molar-refractivity contribution in [3.8, 4) is 22.9 Å². The maximum atomic E-state index is 15.1. The van der Waals surface area contributed by atoms with Crippen LogP contribution in [0.1, 0.15) is 13.8 Å². The summed E-state index contributed by atoms with van der Waals surface area (Å²) >= 11 is 6.43. The summed E-state index contributed by atoms with van der Waals surface area (Å²) in [5, 5.41) is 13.7. The minimum Gasteiger partial charge on any atom is -0.488 e. The van der Waals surface area contributed by atoms with E-state index in [1.54, 1.807) is 41.8 Å². The molecule has 0 aliphatic carbocycles. The SMILES string of the molecule is CC(=O)NCC1CN(c2ccc(-c3ccc(OCC4(C)Cn5cc([N+](=O)[O-])nc5O4)c(Cl)c3)c(F)c2)C(=O)O1. The Hall–Kier alpha value is -4.39. The second kappa shape index (κ2) is 10.1. The highest BCUT2D eigenvalue weighted by Crippen LogP contribution is 2.36. The van der Waals surface area contributed by atoms with E-state index in [1.807, 2.05) is 0 Å². The van der Waals surface area contributed by atoms with Crippen LogP contribution in [0, 0.1) is 15.9 Å². The molecule has 12 nitrogen and oxygen atoms in total. The van der Waals surface area contributed by atoms with Gasteiger partial charge in [-0.3, -0.25) is 14.3 Å². The number of aromatic nitrogens is 2. The maximum absolute atomic E-state index is 15.1. The number of hydrogen-bond donors (Lipinski definition) is 1. The molecule has 2 aliphatic rings. The summed E-state index contributed by atoms with van der Waals surface area (Å²) in [7, 11) is 0. The Labute approximate surface area is 226 Å². The number of cyclic esters (lactones) is 1. The monoisotopic (exact) mass is 559 g/mol. The van der Waals surface area contributed by atoms with Crippen molar-refractivity contribution >= 4 is 35.1 Å². The number of nitro groups is 1. The second-order valence-corrected chi connectivity index (χ2v) is 9.88. The molecule has 5 rings (SSSR count). The van der Waals surface area contributed by atoms with Gasteiger partial charge in [-0.15, -0.1) is 0 Å². The zero-order valence-corrected chi connectivity index (χ0v) is 21.6. The lowest BCUT2D eigenvalue weighted by Gasteiger charge is -2.22. The fourth-order valence-electron chi connectivity index (χ4n) is 4.37. The molecule has 3 aromatic rings. The molecule has 2 unspecified atom stereocenters. The number of carbonyl (C=O) groups is 2. The highest BCUT2D eigenvalue weighted by molar-refractivity contribution is 6.32. The molecule has 1 N–H and O–H groups in total. The van der Waals surface area contributed by atoms with Gasteiger partial charge < -0.3 is 29.6 Å². The van der Waals surface area contributed by atoms with Crippen molar-refractivity contribution in [3.05, 3.63) is 63.5 Å². The van der Waals surface area contributed by atoms with Crippen molar-refractivity contribution in [2.75, 3.05) is 24.6 Å². The average Bonchev–Trinajstić information content (AvgIpc) is 3.53. The number of hydrogen-bond acceptors (Lipinski definition) is 8. The Kier molecular flexibility index (Phi) is 6.76. The number of nitrogens with one attached hydrogen (secondary N) is 1. The zero-order valence-electron chi connectivity index (χ0n) is 20.8. The minimum atomic E-state index is -0.820. The highest BCUT2D eigenvalue weighted by atomic mass is 35.5. The van der Waals surface area contributed by atoms with Gasteiger partial charge in [-0.25, -0.2) is 9.18 Å². The van der Waals surface area contributed by atoms with Crippen LogP contribution in [0.3, 0.4) is 0 Å². The van der Waals surface area contributed by atoms with Gasteiger partial charge in [-0.1, -0.05) is 17.7 Å². The van der Waals surface area contributed by atoms with E-state index >= 15 is 4.39 Å². The number of nitrogens with zero attached hydrogens (tertiary/aromatic N) is 4. The number of fused-ring (bicyclic) bond motifs is 1. The topological polar surface area (TPSA) is 138 Å². The predicted octanol–water partition coefficient (Wildman–Crippen LogP) is 3.94. The summed E-state index contributed by atoms with van der Waals surface area (Å²) in [5.74, 6) is -0.746. The van der Waals surface area contributed by atoms with Gasteiger partial charge in [0.1, 0.15) is 30.5 Å². The summed E-state index contributed by atoms with van der Waals surface area (Å²) in [5.41, 5.74) is 0.277. The molecule has 2 aromatic carbocycles. The van der Waals surface area contributed by atoms with Crippen molar-refractivity contribution in [1.29, 1.82) is 0 Å². The first-order valence-electron chi connectivity index (χ1n) is 11.9. The molecular weight excluding hydrogens is 537 g/mol. The number of amides is 2. The number of carbonyl (C=O) groups excluding carboxylic acids is 2. The minimum absolute atomic E-state index is 0.0845. The van der Waals surface area contributed by atoms with Crippen molar-refractivity contribution in [2.24, 2.45) is 0 Å². The van der Waals surface area contributed by atoms with E-state index < -0.39 is 28.5 Å². The fraction of sp³-hybridized carbons (Fsp3) is 0.320. The lowest BCUT2D eigenvalue weighted by molar-refractivity contribution is -0.389. The van der Waals surface area contributed by atoms with Crippen LogP contribution in [0.15, 0.2) is 42.6 Å². The molecule has 14 heteroatoms. The molecule has 2 aliphatic heterocycles. The van der Waals surface area contributed by atoms with E-state index in [-0.39, 0.29) is 48.0 Å². The van der Waals surface area contributed by atoms with E-state index in [4.69, 9.17) is 25.8 Å². The van der Waals surface area contributed by atoms with Gasteiger partial charge in [0.15, 0.2) is 5.60 Å². The Balaban J connectivity index is 1.23. The average molecular weight is 560 g/mol. The van der Waals surface area contributed by atoms with E-state index in [0.29, 0.717) is 23.5 Å². The van der Waals surface area contributed by atoms with Crippen molar-refractivity contribution in [3.63, 3.8) is 0 Å². The normalized spacial score (nSPS) is 19.8. The number of halogens is 2. The van der Waals surface area contributed by atoms with Crippen molar-refractivity contribution in [1.82, 2.24) is 14.9 Å². The Morgan fingerprint density at radius 1 is 1.36 bits per heavy atom. The molecule has 0 saturated carbocycles. The lowest BCUT2D eigenvalue weighted by Crippen LogP contribution is -2.38. The molecule has 3 heterocycles. The summed E-state index contributed by atoms with van der Waals surface area (Å²) < 4.78 is 33.5. The lowest BCUT2D eigenvalue weighted by atomic mass is 10.0. The van der Waals surface area contributed by atoms with E-state index in [0.717, 1.165) is 0 Å². The van der Waals surface area contributed by atoms with Gasteiger partial charge in [0.05, 0.1) is 30.3 Å². The van der Waals surface area contributed by atoms with Gasteiger partial charge in [-0.05, 0) is 47.7 Å². The largest absolute Gasteiger partial charge is 0.488 e. The molecular formula is C25H23ClFN5O7. The molecule has 2 atom stereocenters. The van der Waals surface area contributed by atoms with Gasteiger partial charge >= 0.3 is 17.9 Å². The first kappa shape index (κ1) is 26.2. The predicted molar refractivity (Wildman–Crippen MR) is 137 cm³/mol. The number of rotatable bonds is 8. The van der Waals surface area contributed by atoms with E-state index in [9.17, 15) is 19.7 Å². The molecule has 1 saturated heterocycles. The highest BCUT2D eigenvalue weighted by Gasteiger charge is 2.41. The molecule has 204 valence electrons. The Bertz CT molecular complexity index is 1460. The molecule has 0 bridgehead atoms. The van der Waals surface area contributed by atoms with Crippen molar-refractivity contribution < 1.29 is 33.1 Å². The van der Waals surface area contributed by atoms with Crippen molar-refractivity contribution in [2.45, 2.75) is 32.1 Å². The second-order valence-electron chi connectivity index (χ2n) is 9.47. The third-order valence-electron chi connectivity index (χ3n) is 6.25. The van der Waals surface area contributed by atoms with Gasteiger partial charge in [-0.2, -0.15) is 0 Å². The van der Waals surface area contributed by atoms with Crippen LogP contribution < -0.4 is 19.7 Å². The van der Waals surface area contributed by atoms with Gasteiger partial charge in [0.2, 0.25) is 5.91 Å². The summed E-state index contributed by atoms with van der Waals surface area (Å²) in [4.78, 5) is 38.8. The van der Waals surface area contributed by atoms with Crippen LogP contribution >= 0.6 is 11.6 Å². The van der Waals surface area contributed by atoms with Crippen LogP contribution in [0.4, 0.5) is 20.7 Å². The number of benzene rings is 2. The third-order valence-corrected chi connectivity index (χ3v) is 6.55. The third kappa shape index (κ3) is 5.43. The number of imidazole rings is 1. The summed E-state index contributed by atoms with van der Waals surface area (Å²) in [6.45, 7) is 3.88. The van der Waals surface area contributed by atoms with Gasteiger partial charge in [0.25, 0.3) is 0 Å². The summed E-state index contributed by atoms with van der Waals surface area (Å²) in [6.07, 6.45) is 0.148. The van der Waals surface area contributed by atoms with Gasteiger partial charge in [0, 0.05) is 17.5 Å². The number of anilines is 1. The van der Waals surface area contributed by atoms with E-state index in [1.165, 1.54) is 24.1 Å². The molecule has 0 spiro atoms. The van der Waals surface area contributed by atoms with Crippen LogP contribution in [-0.4, -0.2) is 57.9 Å². The maximum Gasteiger partial charge on any atom is 0.415 e. The first-order valence-corrected chi connectivity index (χ1v) is 12.2. The molecule has 39 heavy (non-hydrogen) atoms. The number of ether oxygens (including phenoxy) is 3. The molecule has 1 fully saturated rings. The molecule has 0 radical (unpaired) electrons. The van der Waals surface area contributed by atoms with Crippen LogP contribution in [-0.2, 0) is 16.1 Å². The Morgan fingerprint density at radius 3 is 2.82 bits per heavy atom. The quantitative estimate of drug-likeness (QED) is 0.323.